The number of carbonyl (C=O) groups is 2. The molecular formula is C20H19N3O5. The van der Waals surface area contributed by atoms with E-state index in [4.69, 9.17) is 4.74 Å². The zero-order valence-electron chi connectivity index (χ0n) is 15.4. The van der Waals surface area contributed by atoms with Crippen molar-refractivity contribution < 1.29 is 19.2 Å². The molecule has 2 amide bonds. The molecule has 0 aliphatic carbocycles. The third-order valence-electron chi connectivity index (χ3n) is 4.31. The van der Waals surface area contributed by atoms with Crippen LogP contribution in [0.25, 0.3) is 6.08 Å². The largest absolute Gasteiger partial charge is 0.490 e. The van der Waals surface area contributed by atoms with Gasteiger partial charge in [-0.15, -0.1) is 0 Å². The lowest BCUT2D eigenvalue weighted by molar-refractivity contribution is -0.384. The van der Waals surface area contributed by atoms with E-state index in [9.17, 15) is 19.7 Å². The van der Waals surface area contributed by atoms with Gasteiger partial charge >= 0.3 is 0 Å². The topological polar surface area (TPSA) is 102 Å². The molecule has 1 aliphatic rings. The zero-order chi connectivity index (χ0) is 20.3. The highest BCUT2D eigenvalue weighted by Crippen LogP contribution is 2.29. The van der Waals surface area contributed by atoms with Crippen molar-refractivity contribution >= 4 is 29.3 Å². The average molecular weight is 381 g/mol. The SMILES string of the molecule is CCC(C)Oc1ccc([N+](=O)[O-])cc1C=C1C(=O)NN(c2ccccc2)C1=O. The lowest BCUT2D eigenvalue weighted by atomic mass is 10.1. The monoisotopic (exact) mass is 381 g/mol. The van der Waals surface area contributed by atoms with Crippen LogP contribution in [0.3, 0.4) is 0 Å². The van der Waals surface area contributed by atoms with E-state index in [2.05, 4.69) is 5.43 Å². The molecule has 3 rings (SSSR count). The summed E-state index contributed by atoms with van der Waals surface area (Å²) in [5.74, 6) is -0.766. The lowest BCUT2D eigenvalue weighted by Crippen LogP contribution is -2.35. The van der Waals surface area contributed by atoms with E-state index >= 15 is 0 Å². The van der Waals surface area contributed by atoms with Crippen LogP contribution in [0.4, 0.5) is 11.4 Å². The Bertz CT molecular complexity index is 956. The van der Waals surface area contributed by atoms with E-state index in [0.29, 0.717) is 17.0 Å². The number of nitro benzene ring substituents is 1. The summed E-state index contributed by atoms with van der Waals surface area (Å²) in [6.07, 6.45) is 1.92. The van der Waals surface area contributed by atoms with Crippen molar-refractivity contribution in [3.63, 3.8) is 0 Å². The summed E-state index contributed by atoms with van der Waals surface area (Å²) in [7, 11) is 0. The lowest BCUT2D eigenvalue weighted by Gasteiger charge is -2.15. The Morgan fingerprint density at radius 1 is 1.21 bits per heavy atom. The highest BCUT2D eigenvalue weighted by atomic mass is 16.6. The van der Waals surface area contributed by atoms with Crippen LogP contribution >= 0.6 is 0 Å². The number of para-hydroxylation sites is 1. The van der Waals surface area contributed by atoms with E-state index in [1.54, 1.807) is 30.3 Å². The first-order valence-electron chi connectivity index (χ1n) is 8.78. The third kappa shape index (κ3) is 3.85. The molecule has 2 aromatic rings. The maximum atomic E-state index is 12.7. The van der Waals surface area contributed by atoms with Crippen LogP contribution in [-0.4, -0.2) is 22.8 Å². The summed E-state index contributed by atoms with van der Waals surface area (Å²) in [5.41, 5.74) is 3.02. The Hall–Kier alpha value is -3.68. The van der Waals surface area contributed by atoms with Crippen molar-refractivity contribution in [3.8, 4) is 5.75 Å². The predicted molar refractivity (Wildman–Crippen MR) is 104 cm³/mol. The van der Waals surface area contributed by atoms with E-state index < -0.39 is 16.7 Å². The Labute approximate surface area is 161 Å². The molecule has 2 aromatic carbocycles. The summed E-state index contributed by atoms with van der Waals surface area (Å²) in [6.45, 7) is 3.81. The first-order valence-corrected chi connectivity index (χ1v) is 8.78. The summed E-state index contributed by atoms with van der Waals surface area (Å²) in [6, 6.07) is 12.7. The summed E-state index contributed by atoms with van der Waals surface area (Å²) in [4.78, 5) is 35.7. The number of amides is 2. The Morgan fingerprint density at radius 3 is 2.57 bits per heavy atom. The fraction of sp³-hybridized carbons (Fsp3) is 0.200. The number of nitrogens with one attached hydrogen (secondary N) is 1. The number of hydrogen-bond acceptors (Lipinski definition) is 5. The number of rotatable bonds is 6. The highest BCUT2D eigenvalue weighted by molar-refractivity contribution is 6.31. The van der Waals surface area contributed by atoms with Crippen LogP contribution in [0.15, 0.2) is 54.1 Å². The maximum absolute atomic E-state index is 12.7. The molecule has 1 heterocycles. The highest BCUT2D eigenvalue weighted by Gasteiger charge is 2.34. The van der Waals surface area contributed by atoms with E-state index in [1.807, 2.05) is 13.8 Å². The van der Waals surface area contributed by atoms with Gasteiger partial charge < -0.3 is 4.74 Å². The van der Waals surface area contributed by atoms with Crippen LogP contribution in [0.5, 0.6) is 5.75 Å². The van der Waals surface area contributed by atoms with Gasteiger partial charge in [-0.2, -0.15) is 0 Å². The average Bonchev–Trinajstić information content (AvgIpc) is 2.97. The molecule has 1 saturated heterocycles. The molecule has 0 bridgehead atoms. The standard InChI is InChI=1S/C20H19N3O5/c1-3-13(2)28-18-10-9-16(23(26)27)11-14(18)12-17-19(24)21-22(20(17)25)15-7-5-4-6-8-15/h4-13H,3H2,1-2H3,(H,21,24). The van der Waals surface area contributed by atoms with Gasteiger partial charge in [0.2, 0.25) is 0 Å². The molecule has 28 heavy (non-hydrogen) atoms. The minimum atomic E-state index is -0.588. The van der Waals surface area contributed by atoms with Crippen LogP contribution in [0.2, 0.25) is 0 Å². The zero-order valence-corrected chi connectivity index (χ0v) is 15.4. The van der Waals surface area contributed by atoms with Gasteiger partial charge in [0.1, 0.15) is 11.3 Å². The molecule has 0 aromatic heterocycles. The number of hydrazine groups is 1. The van der Waals surface area contributed by atoms with Gasteiger partial charge in [-0.1, -0.05) is 25.1 Å². The van der Waals surface area contributed by atoms with Gasteiger partial charge in [-0.3, -0.25) is 25.1 Å². The first kappa shape index (κ1) is 19.1. The maximum Gasteiger partial charge on any atom is 0.282 e. The minimum Gasteiger partial charge on any atom is -0.490 e. The van der Waals surface area contributed by atoms with Crippen molar-refractivity contribution in [2.24, 2.45) is 0 Å². The summed E-state index contributed by atoms with van der Waals surface area (Å²) < 4.78 is 5.80. The molecule has 1 atom stereocenters. The number of ether oxygens (including phenoxy) is 1. The van der Waals surface area contributed by atoms with Crippen LogP contribution in [0.1, 0.15) is 25.8 Å². The number of hydrogen-bond donors (Lipinski definition) is 1. The minimum absolute atomic E-state index is 0.127. The molecule has 1 N–H and O–H groups in total. The molecular weight excluding hydrogens is 362 g/mol. The third-order valence-corrected chi connectivity index (χ3v) is 4.31. The van der Waals surface area contributed by atoms with E-state index in [0.717, 1.165) is 11.4 Å². The van der Waals surface area contributed by atoms with Crippen LogP contribution < -0.4 is 15.2 Å². The van der Waals surface area contributed by atoms with Crippen LogP contribution in [0, 0.1) is 10.1 Å². The normalized spacial score (nSPS) is 16.2. The number of benzene rings is 2. The molecule has 8 nitrogen and oxygen atoms in total. The first-order chi connectivity index (χ1) is 13.4. The fourth-order valence-electron chi connectivity index (χ4n) is 2.64. The molecule has 1 unspecified atom stereocenters. The molecule has 0 spiro atoms. The van der Waals surface area contributed by atoms with Gasteiger partial charge in [0.25, 0.3) is 17.5 Å². The van der Waals surface area contributed by atoms with Gasteiger partial charge in [0, 0.05) is 17.7 Å². The number of carbonyl (C=O) groups excluding carboxylic acids is 2. The van der Waals surface area contributed by atoms with Crippen molar-refractivity contribution in [3.05, 3.63) is 69.8 Å². The van der Waals surface area contributed by atoms with Gasteiger partial charge in [-0.05, 0) is 37.6 Å². The van der Waals surface area contributed by atoms with Gasteiger partial charge in [0.05, 0.1) is 16.7 Å². The van der Waals surface area contributed by atoms with Crippen molar-refractivity contribution in [1.29, 1.82) is 0 Å². The van der Waals surface area contributed by atoms with E-state index in [-0.39, 0.29) is 17.4 Å². The number of nitro groups is 1. The number of anilines is 1. The molecule has 0 radical (unpaired) electrons. The second kappa shape index (κ2) is 7.91. The Morgan fingerprint density at radius 2 is 1.93 bits per heavy atom. The molecule has 144 valence electrons. The number of nitrogens with zero attached hydrogens (tertiary/aromatic N) is 2. The fourth-order valence-corrected chi connectivity index (χ4v) is 2.64. The second-order valence-corrected chi connectivity index (χ2v) is 6.29. The van der Waals surface area contributed by atoms with Crippen molar-refractivity contribution in [1.82, 2.24) is 5.43 Å². The quantitative estimate of drug-likeness (QED) is 0.358. The van der Waals surface area contributed by atoms with E-state index in [1.165, 1.54) is 24.3 Å². The van der Waals surface area contributed by atoms with Gasteiger partial charge in [-0.25, -0.2) is 5.01 Å². The van der Waals surface area contributed by atoms with Crippen LogP contribution in [-0.2, 0) is 9.59 Å². The van der Waals surface area contributed by atoms with Crippen molar-refractivity contribution in [2.75, 3.05) is 5.01 Å². The van der Waals surface area contributed by atoms with Crippen molar-refractivity contribution in [2.45, 2.75) is 26.4 Å². The Kier molecular flexibility index (Phi) is 5.39. The molecule has 1 aliphatic heterocycles. The molecule has 8 heteroatoms. The Balaban J connectivity index is 2.01. The van der Waals surface area contributed by atoms with Gasteiger partial charge in [0.15, 0.2) is 0 Å². The summed E-state index contributed by atoms with van der Waals surface area (Å²) in [5, 5.41) is 12.3. The molecule has 0 saturated carbocycles. The molecule has 1 fully saturated rings. The summed E-state index contributed by atoms with van der Waals surface area (Å²) >= 11 is 0. The predicted octanol–water partition coefficient (Wildman–Crippen LogP) is 3.23. The number of non-ortho nitro benzene ring substituents is 1. The smallest absolute Gasteiger partial charge is 0.282 e. The second-order valence-electron chi connectivity index (χ2n) is 6.29.